The summed E-state index contributed by atoms with van der Waals surface area (Å²) in [4.78, 5) is 23.5. The van der Waals surface area contributed by atoms with Gasteiger partial charge in [-0.05, 0) is 19.3 Å². The SMILES string of the molecule is CC(C)(C)c1nc2c(c(N3CCN(c4ncnc5[nH]ncc45)CC3)n1)CCC2. The minimum absolute atomic E-state index is 0.0396. The first-order valence-electron chi connectivity index (χ1n) is 10.0. The van der Waals surface area contributed by atoms with E-state index in [2.05, 4.69) is 50.7 Å². The molecule has 0 unspecified atom stereocenters. The maximum absolute atomic E-state index is 5.03. The number of aryl methyl sites for hydroxylation is 1. The first kappa shape index (κ1) is 17.3. The maximum atomic E-state index is 5.03. The van der Waals surface area contributed by atoms with Crippen LogP contribution in [0.4, 0.5) is 11.6 Å². The van der Waals surface area contributed by atoms with E-state index in [9.17, 15) is 0 Å². The Balaban J connectivity index is 1.42. The first-order chi connectivity index (χ1) is 13.5. The van der Waals surface area contributed by atoms with E-state index >= 15 is 0 Å². The molecular formula is C20H26N8. The van der Waals surface area contributed by atoms with Crippen molar-refractivity contribution in [3.8, 4) is 0 Å². The predicted octanol–water partition coefficient (Wildman–Crippen LogP) is 2.26. The predicted molar refractivity (Wildman–Crippen MR) is 109 cm³/mol. The van der Waals surface area contributed by atoms with Gasteiger partial charge in [-0.15, -0.1) is 0 Å². The third-order valence-corrected chi connectivity index (χ3v) is 5.69. The van der Waals surface area contributed by atoms with Crippen molar-refractivity contribution in [2.45, 2.75) is 45.4 Å². The molecule has 0 saturated carbocycles. The van der Waals surface area contributed by atoms with Crippen LogP contribution in [0.3, 0.4) is 0 Å². The molecule has 1 aliphatic carbocycles. The van der Waals surface area contributed by atoms with E-state index in [-0.39, 0.29) is 5.41 Å². The van der Waals surface area contributed by atoms with Gasteiger partial charge in [0, 0.05) is 42.9 Å². The molecule has 3 aromatic heterocycles. The number of rotatable bonds is 2. The largest absolute Gasteiger partial charge is 0.353 e. The standard InChI is InChI=1S/C20H26N8/c1-20(2,3)19-24-15-6-4-5-13(15)18(25-19)28-9-7-27(8-10-28)17-14-11-23-26-16(14)21-12-22-17/h11-12H,4-10H2,1-3H3,(H,21,22,23,26). The lowest BCUT2D eigenvalue weighted by molar-refractivity contribution is 0.538. The molecule has 2 aliphatic rings. The van der Waals surface area contributed by atoms with Crippen LogP contribution in [0.25, 0.3) is 11.0 Å². The number of nitrogens with one attached hydrogen (secondary N) is 1. The van der Waals surface area contributed by atoms with E-state index < -0.39 is 0 Å². The molecule has 0 radical (unpaired) electrons. The van der Waals surface area contributed by atoms with Gasteiger partial charge in [-0.3, -0.25) is 5.10 Å². The van der Waals surface area contributed by atoms with E-state index in [4.69, 9.17) is 9.97 Å². The number of aromatic nitrogens is 6. The zero-order valence-corrected chi connectivity index (χ0v) is 16.7. The summed E-state index contributed by atoms with van der Waals surface area (Å²) in [5, 5.41) is 8.02. The quantitative estimate of drug-likeness (QED) is 0.732. The number of piperazine rings is 1. The lowest BCUT2D eigenvalue weighted by atomic mass is 9.95. The Hall–Kier alpha value is -2.77. The van der Waals surface area contributed by atoms with Gasteiger partial charge < -0.3 is 9.80 Å². The molecule has 5 rings (SSSR count). The van der Waals surface area contributed by atoms with Gasteiger partial charge in [0.25, 0.3) is 0 Å². The van der Waals surface area contributed by atoms with Crippen LogP contribution >= 0.6 is 0 Å². The van der Waals surface area contributed by atoms with Gasteiger partial charge in [0.05, 0.1) is 11.6 Å². The van der Waals surface area contributed by atoms with Crippen LogP contribution in [0.1, 0.15) is 44.3 Å². The van der Waals surface area contributed by atoms with Crippen molar-refractivity contribution >= 4 is 22.7 Å². The van der Waals surface area contributed by atoms with Crippen molar-refractivity contribution in [3.63, 3.8) is 0 Å². The van der Waals surface area contributed by atoms with Crippen LogP contribution in [-0.2, 0) is 18.3 Å². The highest BCUT2D eigenvalue weighted by Crippen LogP contribution is 2.33. The molecule has 1 fully saturated rings. The Labute approximate surface area is 164 Å². The van der Waals surface area contributed by atoms with Crippen LogP contribution in [0, 0.1) is 0 Å². The second kappa shape index (κ2) is 6.39. The highest BCUT2D eigenvalue weighted by atomic mass is 15.3. The summed E-state index contributed by atoms with van der Waals surface area (Å²) in [7, 11) is 0. The average molecular weight is 378 g/mol. The maximum Gasteiger partial charge on any atom is 0.160 e. The van der Waals surface area contributed by atoms with E-state index in [1.807, 2.05) is 6.20 Å². The fraction of sp³-hybridized carbons (Fsp3) is 0.550. The second-order valence-corrected chi connectivity index (χ2v) is 8.70. The molecule has 0 aromatic carbocycles. The van der Waals surface area contributed by atoms with Crippen LogP contribution in [0.5, 0.6) is 0 Å². The molecule has 8 nitrogen and oxygen atoms in total. The van der Waals surface area contributed by atoms with Crippen molar-refractivity contribution in [2.75, 3.05) is 36.0 Å². The lowest BCUT2D eigenvalue weighted by Gasteiger charge is -2.37. The molecule has 1 N–H and O–H groups in total. The van der Waals surface area contributed by atoms with Gasteiger partial charge in [0.1, 0.15) is 23.8 Å². The Morgan fingerprint density at radius 3 is 2.43 bits per heavy atom. The van der Waals surface area contributed by atoms with Crippen molar-refractivity contribution in [1.29, 1.82) is 0 Å². The average Bonchev–Trinajstić information content (AvgIpc) is 3.35. The molecule has 1 aliphatic heterocycles. The van der Waals surface area contributed by atoms with Gasteiger partial charge in [-0.2, -0.15) is 5.10 Å². The summed E-state index contributed by atoms with van der Waals surface area (Å²) in [6, 6.07) is 0. The topological polar surface area (TPSA) is 86.7 Å². The summed E-state index contributed by atoms with van der Waals surface area (Å²) in [6.07, 6.45) is 6.77. The Bertz CT molecular complexity index is 1010. The number of hydrogen-bond donors (Lipinski definition) is 1. The number of anilines is 2. The smallest absolute Gasteiger partial charge is 0.160 e. The van der Waals surface area contributed by atoms with Gasteiger partial charge in [-0.25, -0.2) is 19.9 Å². The van der Waals surface area contributed by atoms with Crippen molar-refractivity contribution in [3.05, 3.63) is 29.6 Å². The van der Waals surface area contributed by atoms with E-state index in [0.29, 0.717) is 0 Å². The molecule has 4 heterocycles. The highest BCUT2D eigenvalue weighted by Gasteiger charge is 2.29. The number of aromatic amines is 1. The molecular weight excluding hydrogens is 352 g/mol. The molecule has 0 bridgehead atoms. The Morgan fingerprint density at radius 2 is 1.68 bits per heavy atom. The molecule has 1 saturated heterocycles. The van der Waals surface area contributed by atoms with Gasteiger partial charge in [0.2, 0.25) is 0 Å². The van der Waals surface area contributed by atoms with E-state index in [1.165, 1.54) is 17.7 Å². The third kappa shape index (κ3) is 2.87. The van der Waals surface area contributed by atoms with Gasteiger partial charge in [0.15, 0.2) is 5.65 Å². The second-order valence-electron chi connectivity index (χ2n) is 8.70. The number of H-pyrrole nitrogens is 1. The molecule has 3 aromatic rings. The molecule has 146 valence electrons. The molecule has 0 spiro atoms. The highest BCUT2D eigenvalue weighted by molar-refractivity contribution is 5.86. The third-order valence-electron chi connectivity index (χ3n) is 5.69. The van der Waals surface area contributed by atoms with Crippen molar-refractivity contribution < 1.29 is 0 Å². The van der Waals surface area contributed by atoms with Crippen LogP contribution in [0.2, 0.25) is 0 Å². The molecule has 8 heteroatoms. The normalized spacial score (nSPS) is 17.4. The van der Waals surface area contributed by atoms with Gasteiger partial charge >= 0.3 is 0 Å². The summed E-state index contributed by atoms with van der Waals surface area (Å²) in [5.41, 5.74) is 3.37. The van der Waals surface area contributed by atoms with E-state index in [0.717, 1.165) is 67.5 Å². The molecule has 0 atom stereocenters. The van der Waals surface area contributed by atoms with Crippen LogP contribution in [-0.4, -0.2) is 56.3 Å². The summed E-state index contributed by atoms with van der Waals surface area (Å²) in [5.74, 6) is 3.08. The summed E-state index contributed by atoms with van der Waals surface area (Å²) >= 11 is 0. The molecule has 28 heavy (non-hydrogen) atoms. The van der Waals surface area contributed by atoms with E-state index in [1.54, 1.807) is 6.33 Å². The zero-order valence-electron chi connectivity index (χ0n) is 16.7. The number of hydrogen-bond acceptors (Lipinski definition) is 7. The zero-order chi connectivity index (χ0) is 19.3. The first-order valence-corrected chi connectivity index (χ1v) is 10.0. The monoisotopic (exact) mass is 378 g/mol. The minimum atomic E-state index is -0.0396. The fourth-order valence-electron chi connectivity index (χ4n) is 4.14. The summed E-state index contributed by atoms with van der Waals surface area (Å²) in [6.45, 7) is 10.2. The fourth-order valence-corrected chi connectivity index (χ4v) is 4.14. The Kier molecular flexibility index (Phi) is 3.96. The minimum Gasteiger partial charge on any atom is -0.353 e. The van der Waals surface area contributed by atoms with Crippen LogP contribution in [0.15, 0.2) is 12.5 Å². The molecule has 0 amide bonds. The Morgan fingerprint density at radius 1 is 0.929 bits per heavy atom. The van der Waals surface area contributed by atoms with Crippen molar-refractivity contribution in [1.82, 2.24) is 30.1 Å². The lowest BCUT2D eigenvalue weighted by Crippen LogP contribution is -2.47. The van der Waals surface area contributed by atoms with Gasteiger partial charge in [-0.1, -0.05) is 20.8 Å². The van der Waals surface area contributed by atoms with Crippen LogP contribution < -0.4 is 9.80 Å². The number of nitrogens with zero attached hydrogens (tertiary/aromatic N) is 7. The summed E-state index contributed by atoms with van der Waals surface area (Å²) < 4.78 is 0. The number of fused-ring (bicyclic) bond motifs is 2. The van der Waals surface area contributed by atoms with Crippen molar-refractivity contribution in [2.24, 2.45) is 0 Å².